The second kappa shape index (κ2) is 11.1. The Morgan fingerprint density at radius 1 is 0.789 bits per heavy atom. The molecular weight excluding hydrogens is 546 g/mol. The summed E-state index contributed by atoms with van der Waals surface area (Å²) in [5.41, 5.74) is 2.81. The number of hydrogen-bond donors (Lipinski definition) is 1. The number of amides is 2. The van der Waals surface area contributed by atoms with Crippen LogP contribution in [-0.4, -0.2) is 56.0 Å². The van der Waals surface area contributed by atoms with E-state index in [1.54, 1.807) is 18.2 Å². The molecule has 38 heavy (non-hydrogen) atoms. The number of nitrogens with one attached hydrogen (secondary N) is 1. The smallest absolute Gasteiger partial charge is 0.337 e. The molecule has 1 saturated heterocycles. The van der Waals surface area contributed by atoms with Gasteiger partial charge < -0.3 is 19.9 Å². The molecule has 0 spiro atoms. The van der Waals surface area contributed by atoms with E-state index in [1.807, 2.05) is 71.6 Å². The Bertz CT molecular complexity index is 1510. The van der Waals surface area contributed by atoms with E-state index in [1.165, 1.54) is 7.11 Å². The van der Waals surface area contributed by atoms with Gasteiger partial charge in [-0.2, -0.15) is 0 Å². The summed E-state index contributed by atoms with van der Waals surface area (Å²) in [5, 5.41) is 4.78. The molecule has 0 bridgehead atoms. The first-order valence-corrected chi connectivity index (χ1v) is 13.1. The Kier molecular flexibility index (Phi) is 7.42. The van der Waals surface area contributed by atoms with E-state index in [-0.39, 0.29) is 11.8 Å². The number of carbonyl (C=O) groups is 3. The van der Waals surface area contributed by atoms with Crippen molar-refractivity contribution in [2.45, 2.75) is 0 Å². The van der Waals surface area contributed by atoms with Crippen LogP contribution in [0.2, 0.25) is 0 Å². The van der Waals surface area contributed by atoms with Crippen molar-refractivity contribution in [3.63, 3.8) is 0 Å². The van der Waals surface area contributed by atoms with Gasteiger partial charge in [0, 0.05) is 41.8 Å². The first-order valence-electron chi connectivity index (χ1n) is 12.3. The Hall–Kier alpha value is -4.17. The quantitative estimate of drug-likeness (QED) is 0.315. The fraction of sp³-hybridized carbons (Fsp3) is 0.167. The summed E-state index contributed by atoms with van der Waals surface area (Å²) >= 11 is 3.56. The van der Waals surface area contributed by atoms with Crippen molar-refractivity contribution in [1.29, 1.82) is 0 Å². The van der Waals surface area contributed by atoms with Crippen molar-refractivity contribution in [1.82, 2.24) is 4.90 Å². The fourth-order valence-corrected chi connectivity index (χ4v) is 5.23. The Morgan fingerprint density at radius 2 is 1.50 bits per heavy atom. The lowest BCUT2D eigenvalue weighted by Crippen LogP contribution is -2.49. The summed E-state index contributed by atoms with van der Waals surface area (Å²) in [4.78, 5) is 42.6. The van der Waals surface area contributed by atoms with Gasteiger partial charge in [0.1, 0.15) is 0 Å². The lowest BCUT2D eigenvalue weighted by molar-refractivity contribution is 0.0600. The largest absolute Gasteiger partial charge is 0.465 e. The molecule has 2 amide bonds. The topological polar surface area (TPSA) is 79.0 Å². The van der Waals surface area contributed by atoms with E-state index >= 15 is 0 Å². The number of methoxy groups -OCH3 is 1. The molecule has 1 fully saturated rings. The first-order chi connectivity index (χ1) is 18.5. The summed E-state index contributed by atoms with van der Waals surface area (Å²) in [6.45, 7) is 2.24. The highest BCUT2D eigenvalue weighted by molar-refractivity contribution is 9.10. The lowest BCUT2D eigenvalue weighted by Gasteiger charge is -2.37. The third-order valence-electron chi connectivity index (χ3n) is 6.71. The predicted octanol–water partition coefficient (Wildman–Crippen LogP) is 5.60. The number of benzene rings is 4. The number of esters is 1. The maximum Gasteiger partial charge on any atom is 0.337 e. The SMILES string of the molecule is COC(=O)c1ccc(N2CCN(C(=O)c3ccccc3)CC2)c(NC(=O)c2cccc3c(Br)cccc23)c1. The highest BCUT2D eigenvalue weighted by Crippen LogP contribution is 2.31. The third kappa shape index (κ3) is 5.13. The maximum atomic E-state index is 13.5. The van der Waals surface area contributed by atoms with Gasteiger partial charge in [0.2, 0.25) is 0 Å². The summed E-state index contributed by atoms with van der Waals surface area (Å²) in [5.74, 6) is -0.767. The van der Waals surface area contributed by atoms with Gasteiger partial charge in [0.05, 0.1) is 24.0 Å². The number of anilines is 2. The van der Waals surface area contributed by atoms with E-state index in [9.17, 15) is 14.4 Å². The van der Waals surface area contributed by atoms with Crippen LogP contribution in [0.3, 0.4) is 0 Å². The molecule has 4 aromatic carbocycles. The van der Waals surface area contributed by atoms with E-state index < -0.39 is 5.97 Å². The number of halogens is 1. The number of fused-ring (bicyclic) bond motifs is 1. The van der Waals surface area contributed by atoms with Gasteiger partial charge in [-0.15, -0.1) is 0 Å². The molecule has 5 rings (SSSR count). The Balaban J connectivity index is 1.41. The van der Waals surface area contributed by atoms with Crippen LogP contribution < -0.4 is 10.2 Å². The summed E-state index contributed by atoms with van der Waals surface area (Å²) in [6.07, 6.45) is 0. The molecular formula is C30H26BrN3O4. The zero-order valence-electron chi connectivity index (χ0n) is 20.8. The van der Waals surface area contributed by atoms with Crippen LogP contribution in [-0.2, 0) is 4.74 Å². The summed E-state index contributed by atoms with van der Waals surface area (Å²) < 4.78 is 5.81. The van der Waals surface area contributed by atoms with Crippen molar-refractivity contribution < 1.29 is 19.1 Å². The fourth-order valence-electron chi connectivity index (χ4n) is 4.73. The second-order valence-electron chi connectivity index (χ2n) is 8.96. The van der Waals surface area contributed by atoms with Crippen LogP contribution in [0, 0.1) is 0 Å². The van der Waals surface area contributed by atoms with Gasteiger partial charge in [0.25, 0.3) is 11.8 Å². The summed E-state index contributed by atoms with van der Waals surface area (Å²) in [6, 6.07) is 25.7. The number of ether oxygens (including phenoxy) is 1. The standard InChI is InChI=1S/C30H26BrN3O4/c1-38-30(37)21-13-14-27(33-15-17-34(18-16-33)29(36)20-7-3-2-4-8-20)26(19-21)32-28(35)24-11-5-10-23-22(24)9-6-12-25(23)31/h2-14,19H,15-18H2,1H3,(H,32,35). The molecule has 0 radical (unpaired) electrons. The average molecular weight is 572 g/mol. The molecule has 1 N–H and O–H groups in total. The van der Waals surface area contributed by atoms with Crippen LogP contribution in [0.5, 0.6) is 0 Å². The van der Waals surface area contributed by atoms with Gasteiger partial charge in [-0.25, -0.2) is 4.79 Å². The molecule has 192 valence electrons. The number of nitrogens with zero attached hydrogens (tertiary/aromatic N) is 2. The normalized spacial score (nSPS) is 13.3. The van der Waals surface area contributed by atoms with Crippen molar-refractivity contribution in [3.05, 3.63) is 106 Å². The number of hydrogen-bond acceptors (Lipinski definition) is 5. The monoisotopic (exact) mass is 571 g/mol. The molecule has 7 nitrogen and oxygen atoms in total. The van der Waals surface area contributed by atoms with E-state index in [2.05, 4.69) is 26.1 Å². The second-order valence-corrected chi connectivity index (χ2v) is 9.82. The number of carbonyl (C=O) groups excluding carboxylic acids is 3. The van der Waals surface area contributed by atoms with E-state index in [0.29, 0.717) is 48.6 Å². The molecule has 1 aliphatic heterocycles. The van der Waals surface area contributed by atoms with Crippen molar-refractivity contribution in [2.24, 2.45) is 0 Å². The van der Waals surface area contributed by atoms with Crippen molar-refractivity contribution >= 4 is 55.9 Å². The van der Waals surface area contributed by atoms with Gasteiger partial charge in [-0.05, 0) is 53.2 Å². The van der Waals surface area contributed by atoms with Crippen LogP contribution >= 0.6 is 15.9 Å². The first kappa shape index (κ1) is 25.5. The predicted molar refractivity (Wildman–Crippen MR) is 152 cm³/mol. The molecule has 0 unspecified atom stereocenters. The molecule has 4 aromatic rings. The maximum absolute atomic E-state index is 13.5. The van der Waals surface area contributed by atoms with E-state index in [4.69, 9.17) is 4.74 Å². The van der Waals surface area contributed by atoms with Crippen molar-refractivity contribution in [2.75, 3.05) is 43.5 Å². The minimum absolute atomic E-state index is 0.00179. The van der Waals surface area contributed by atoms with Crippen molar-refractivity contribution in [3.8, 4) is 0 Å². The lowest BCUT2D eigenvalue weighted by atomic mass is 10.0. The highest BCUT2D eigenvalue weighted by Gasteiger charge is 2.25. The van der Waals surface area contributed by atoms with Gasteiger partial charge in [0.15, 0.2) is 0 Å². The average Bonchev–Trinajstić information content (AvgIpc) is 2.97. The van der Waals surface area contributed by atoms with E-state index in [0.717, 1.165) is 20.9 Å². The zero-order valence-corrected chi connectivity index (χ0v) is 22.4. The van der Waals surface area contributed by atoms with Gasteiger partial charge in [-0.3, -0.25) is 9.59 Å². The molecule has 0 saturated carbocycles. The van der Waals surface area contributed by atoms with Crippen LogP contribution in [0.1, 0.15) is 31.1 Å². The number of rotatable bonds is 5. The molecule has 0 aromatic heterocycles. The van der Waals surface area contributed by atoms with Crippen LogP contribution in [0.15, 0.2) is 89.4 Å². The van der Waals surface area contributed by atoms with Gasteiger partial charge >= 0.3 is 5.97 Å². The molecule has 0 atom stereocenters. The highest BCUT2D eigenvalue weighted by atomic mass is 79.9. The third-order valence-corrected chi connectivity index (χ3v) is 7.40. The molecule has 1 heterocycles. The molecule has 8 heteroatoms. The minimum Gasteiger partial charge on any atom is -0.465 e. The van der Waals surface area contributed by atoms with Gasteiger partial charge in [-0.1, -0.05) is 58.4 Å². The summed E-state index contributed by atoms with van der Waals surface area (Å²) in [7, 11) is 1.32. The zero-order chi connectivity index (χ0) is 26.6. The Labute approximate surface area is 229 Å². The van der Waals surface area contributed by atoms with Crippen LogP contribution in [0.25, 0.3) is 10.8 Å². The Morgan fingerprint density at radius 3 is 2.24 bits per heavy atom. The van der Waals surface area contributed by atoms with Crippen LogP contribution in [0.4, 0.5) is 11.4 Å². The minimum atomic E-state index is -0.487. The molecule has 0 aliphatic carbocycles. The molecule has 1 aliphatic rings. The number of piperazine rings is 1.